The van der Waals surface area contributed by atoms with Gasteiger partial charge in [-0.1, -0.05) is 37.4 Å². The molecule has 4 heteroatoms. The average Bonchev–Trinajstić information content (AvgIpc) is 2.49. The van der Waals surface area contributed by atoms with Gasteiger partial charge in [-0.15, -0.1) is 0 Å². The van der Waals surface area contributed by atoms with Gasteiger partial charge in [0.05, 0.1) is 5.56 Å². The summed E-state index contributed by atoms with van der Waals surface area (Å²) < 4.78 is 5.48. The topological polar surface area (TPSA) is 30.2 Å². The average molecular weight is 216 g/mol. The summed E-state index contributed by atoms with van der Waals surface area (Å²) in [5, 5.41) is 1.58. The molecule has 0 amide bonds. The number of aldehydes is 1. The second-order valence-electron chi connectivity index (χ2n) is 2.29. The number of hydrogen-bond donors (Lipinski definition) is 0. The molecule has 0 N–H and O–H groups in total. The van der Waals surface area contributed by atoms with Crippen LogP contribution in [0.2, 0.25) is 0 Å². The molecular weight excluding hydrogens is 204 g/mol. The molecule has 1 aromatic heterocycles. The largest absolute Gasteiger partial charge is 0.443 e. The molecule has 0 radical (unpaired) electrons. The van der Waals surface area contributed by atoms with E-state index in [4.69, 9.17) is 4.42 Å². The third-order valence-electron chi connectivity index (χ3n) is 1.39. The van der Waals surface area contributed by atoms with Crippen LogP contribution in [0.25, 0.3) is 0 Å². The van der Waals surface area contributed by atoms with Crippen molar-refractivity contribution in [3.05, 3.63) is 11.6 Å². The molecule has 72 valence electrons. The zero-order valence-corrected chi connectivity index (χ0v) is 9.33. The third kappa shape index (κ3) is 2.81. The fraction of sp³-hybridized carbons (Fsp3) is 0.444. The highest BCUT2D eigenvalue weighted by atomic mass is 32.2. The number of carbonyl (C=O) groups excluding carboxylic acids is 1. The fourth-order valence-electron chi connectivity index (χ4n) is 0.905. The minimum absolute atomic E-state index is 0.669. The van der Waals surface area contributed by atoms with Crippen molar-refractivity contribution >= 4 is 29.8 Å². The lowest BCUT2D eigenvalue weighted by Gasteiger charge is -1.92. The number of thioether (sulfide) groups is 2. The molecule has 1 rings (SSSR count). The maximum absolute atomic E-state index is 10.6. The number of rotatable bonds is 5. The molecule has 0 bridgehead atoms. The highest BCUT2D eigenvalue weighted by molar-refractivity contribution is 7.99. The summed E-state index contributed by atoms with van der Waals surface area (Å²) in [6.45, 7) is 4.09. The summed E-state index contributed by atoms with van der Waals surface area (Å²) in [6, 6.07) is 1.80. The summed E-state index contributed by atoms with van der Waals surface area (Å²) in [4.78, 5) is 10.6. The Balaban J connectivity index is 2.83. The maximum Gasteiger partial charge on any atom is 0.172 e. The van der Waals surface area contributed by atoms with E-state index in [9.17, 15) is 4.79 Å². The number of hydrogen-bond acceptors (Lipinski definition) is 4. The van der Waals surface area contributed by atoms with Gasteiger partial charge in [-0.2, -0.15) is 0 Å². The summed E-state index contributed by atoms with van der Waals surface area (Å²) in [5.41, 5.74) is 0.669. The minimum Gasteiger partial charge on any atom is -0.443 e. The molecule has 1 aromatic rings. The van der Waals surface area contributed by atoms with Gasteiger partial charge in [-0.05, 0) is 11.5 Å². The molecule has 0 aromatic carbocycles. The second-order valence-corrected chi connectivity index (χ2v) is 4.80. The SMILES string of the molecule is CCSc1cc(C=O)c(SCC)o1. The lowest BCUT2D eigenvalue weighted by Crippen LogP contribution is -1.76. The van der Waals surface area contributed by atoms with Gasteiger partial charge in [-0.3, -0.25) is 4.79 Å². The molecule has 0 aliphatic rings. The van der Waals surface area contributed by atoms with Gasteiger partial charge < -0.3 is 4.42 Å². The van der Waals surface area contributed by atoms with Crippen LogP contribution >= 0.6 is 23.5 Å². The third-order valence-corrected chi connectivity index (χ3v) is 3.04. The van der Waals surface area contributed by atoms with Crippen LogP contribution in [0.5, 0.6) is 0 Å². The van der Waals surface area contributed by atoms with Crippen molar-refractivity contribution in [2.75, 3.05) is 11.5 Å². The van der Waals surface area contributed by atoms with Crippen molar-refractivity contribution in [2.45, 2.75) is 24.0 Å². The van der Waals surface area contributed by atoms with E-state index in [0.29, 0.717) is 5.56 Å². The van der Waals surface area contributed by atoms with E-state index in [1.807, 2.05) is 6.92 Å². The summed E-state index contributed by atoms with van der Waals surface area (Å²) in [7, 11) is 0. The standard InChI is InChI=1S/C9H12O2S2/c1-3-12-8-5-7(6-10)9(11-8)13-4-2/h5-6H,3-4H2,1-2H3. The Labute approximate surface area is 86.5 Å². The Hall–Kier alpha value is -0.350. The van der Waals surface area contributed by atoms with Gasteiger partial charge in [-0.25, -0.2) is 0 Å². The molecule has 0 saturated heterocycles. The molecule has 0 spiro atoms. The van der Waals surface area contributed by atoms with Gasteiger partial charge >= 0.3 is 0 Å². The highest BCUT2D eigenvalue weighted by Gasteiger charge is 2.09. The van der Waals surface area contributed by atoms with Crippen molar-refractivity contribution in [1.82, 2.24) is 0 Å². The smallest absolute Gasteiger partial charge is 0.172 e. The van der Waals surface area contributed by atoms with Gasteiger partial charge in [0.2, 0.25) is 0 Å². The van der Waals surface area contributed by atoms with Crippen LogP contribution in [0.4, 0.5) is 0 Å². The van der Waals surface area contributed by atoms with Crippen molar-refractivity contribution in [3.63, 3.8) is 0 Å². The van der Waals surface area contributed by atoms with E-state index in [0.717, 1.165) is 28.0 Å². The number of carbonyl (C=O) groups is 1. The van der Waals surface area contributed by atoms with E-state index < -0.39 is 0 Å². The molecule has 2 nitrogen and oxygen atoms in total. The van der Waals surface area contributed by atoms with Crippen LogP contribution in [-0.2, 0) is 0 Å². The molecule has 0 saturated carbocycles. The minimum atomic E-state index is 0.669. The van der Waals surface area contributed by atoms with Crippen molar-refractivity contribution in [3.8, 4) is 0 Å². The summed E-state index contributed by atoms with van der Waals surface area (Å²) >= 11 is 3.17. The monoisotopic (exact) mass is 216 g/mol. The van der Waals surface area contributed by atoms with Gasteiger partial charge in [0.15, 0.2) is 16.5 Å². The Morgan fingerprint density at radius 3 is 2.62 bits per heavy atom. The van der Waals surface area contributed by atoms with E-state index in [2.05, 4.69) is 6.92 Å². The molecular formula is C9H12O2S2. The second kappa shape index (κ2) is 5.40. The first-order valence-electron chi connectivity index (χ1n) is 4.16. The molecule has 0 atom stereocenters. The highest BCUT2D eigenvalue weighted by Crippen LogP contribution is 2.30. The molecule has 1 heterocycles. The van der Waals surface area contributed by atoms with Crippen LogP contribution < -0.4 is 0 Å². The zero-order chi connectivity index (χ0) is 9.68. The summed E-state index contributed by atoms with van der Waals surface area (Å²) in [6.07, 6.45) is 0.848. The Kier molecular flexibility index (Phi) is 4.45. The van der Waals surface area contributed by atoms with Gasteiger partial charge in [0.25, 0.3) is 0 Å². The van der Waals surface area contributed by atoms with E-state index in [1.165, 1.54) is 0 Å². The van der Waals surface area contributed by atoms with E-state index in [-0.39, 0.29) is 0 Å². The lowest BCUT2D eigenvalue weighted by molar-refractivity contribution is 0.111. The normalized spacial score (nSPS) is 10.3. The van der Waals surface area contributed by atoms with Crippen LogP contribution in [0, 0.1) is 0 Å². The maximum atomic E-state index is 10.6. The van der Waals surface area contributed by atoms with Crippen LogP contribution in [0.15, 0.2) is 20.7 Å². The number of furan rings is 1. The Morgan fingerprint density at radius 2 is 2.08 bits per heavy atom. The Morgan fingerprint density at radius 1 is 1.38 bits per heavy atom. The summed E-state index contributed by atoms with van der Waals surface area (Å²) in [5.74, 6) is 1.88. The van der Waals surface area contributed by atoms with Gasteiger partial charge in [0.1, 0.15) is 0 Å². The van der Waals surface area contributed by atoms with E-state index >= 15 is 0 Å². The van der Waals surface area contributed by atoms with Crippen LogP contribution in [0.3, 0.4) is 0 Å². The lowest BCUT2D eigenvalue weighted by atomic mass is 10.4. The quantitative estimate of drug-likeness (QED) is 0.558. The first-order valence-corrected chi connectivity index (χ1v) is 6.13. The first-order chi connectivity index (χ1) is 6.31. The van der Waals surface area contributed by atoms with E-state index in [1.54, 1.807) is 29.6 Å². The zero-order valence-electron chi connectivity index (χ0n) is 7.70. The Bertz CT molecular complexity index is 281. The predicted octanol–water partition coefficient (Wildman–Crippen LogP) is 3.32. The molecule has 13 heavy (non-hydrogen) atoms. The predicted molar refractivity (Wildman–Crippen MR) is 56.9 cm³/mol. The molecule has 0 aliphatic carbocycles. The van der Waals surface area contributed by atoms with Crippen molar-refractivity contribution in [1.29, 1.82) is 0 Å². The molecule has 0 unspecified atom stereocenters. The molecule has 0 aliphatic heterocycles. The first kappa shape index (κ1) is 10.7. The van der Waals surface area contributed by atoms with Crippen molar-refractivity contribution < 1.29 is 9.21 Å². The van der Waals surface area contributed by atoms with Crippen LogP contribution in [-0.4, -0.2) is 17.8 Å². The fourth-order valence-corrected chi connectivity index (χ4v) is 2.28. The van der Waals surface area contributed by atoms with Crippen LogP contribution in [0.1, 0.15) is 24.2 Å². The van der Waals surface area contributed by atoms with Crippen molar-refractivity contribution in [2.24, 2.45) is 0 Å². The molecule has 0 fully saturated rings. The van der Waals surface area contributed by atoms with Gasteiger partial charge in [0, 0.05) is 6.07 Å².